The Labute approximate surface area is 105 Å². The number of hydrogen-bond acceptors (Lipinski definition) is 2. The predicted molar refractivity (Wildman–Crippen MR) is 59.8 cm³/mol. The lowest BCUT2D eigenvalue weighted by molar-refractivity contribution is 0.107. The third-order valence-corrected chi connectivity index (χ3v) is 4.23. The first-order chi connectivity index (χ1) is 6.45. The molecule has 1 rings (SSSR count). The Kier molecular flexibility index (Phi) is 4.20. The van der Waals surface area contributed by atoms with Crippen molar-refractivity contribution in [3.8, 4) is 0 Å². The van der Waals surface area contributed by atoms with E-state index in [4.69, 9.17) is 11.6 Å². The van der Waals surface area contributed by atoms with Gasteiger partial charge in [0.15, 0.2) is 0 Å². The highest BCUT2D eigenvalue weighted by Crippen LogP contribution is 2.32. The number of alkyl halides is 2. The van der Waals surface area contributed by atoms with Gasteiger partial charge in [-0.3, -0.25) is 9.78 Å². The highest BCUT2D eigenvalue weighted by atomic mass is 127. The van der Waals surface area contributed by atoms with Gasteiger partial charge in [0.2, 0.25) is 0 Å². The Morgan fingerprint density at radius 2 is 2.21 bits per heavy atom. The molecule has 1 heterocycles. The lowest BCUT2D eigenvalue weighted by Gasteiger charge is -2.06. The molecule has 0 bridgehead atoms. The maximum Gasteiger partial charge on any atom is 0.271 e. The van der Waals surface area contributed by atoms with Gasteiger partial charge in [-0.15, -0.1) is 0 Å². The molecule has 1 aromatic rings. The van der Waals surface area contributed by atoms with E-state index in [2.05, 4.69) is 20.9 Å². The molecule has 0 saturated heterocycles. The highest BCUT2D eigenvalue weighted by Gasteiger charge is 2.19. The third kappa shape index (κ3) is 2.40. The summed E-state index contributed by atoms with van der Waals surface area (Å²) in [4.78, 5) is 14.4. The van der Waals surface area contributed by atoms with E-state index >= 15 is 0 Å². The average Bonchev–Trinajstić information content (AvgIpc) is 2.08. The smallest absolute Gasteiger partial charge is 0.271 e. The molecule has 76 valence electrons. The second kappa shape index (κ2) is 4.80. The van der Waals surface area contributed by atoms with Crippen LogP contribution in [0.3, 0.4) is 0 Å². The first-order valence-electron chi connectivity index (χ1n) is 3.27. The van der Waals surface area contributed by atoms with Crippen molar-refractivity contribution in [3.05, 3.63) is 25.5 Å². The number of nitrogens with zero attached hydrogens (tertiary/aromatic N) is 1. The summed E-state index contributed by atoms with van der Waals surface area (Å²) >= 11 is 9.89. The van der Waals surface area contributed by atoms with E-state index in [1.807, 2.05) is 0 Å². The zero-order chi connectivity index (χ0) is 10.9. The predicted octanol–water partition coefficient (Wildman–Crippen LogP) is 3.77. The summed E-state index contributed by atoms with van der Waals surface area (Å²) in [7, 11) is 0. The molecule has 0 N–H and O–H groups in total. The van der Waals surface area contributed by atoms with Gasteiger partial charge in [0.1, 0.15) is 5.69 Å². The molecule has 2 nitrogen and oxygen atoms in total. The molecule has 0 radical (unpaired) electrons. The standard InChI is InChI=1S/C7H2BrClF2INO/c8-3-2(7(10)11)1-13-5(4(3)12)6(9)14/h1,7H. The van der Waals surface area contributed by atoms with Gasteiger partial charge in [-0.2, -0.15) is 0 Å². The number of rotatable bonds is 2. The number of carbonyl (C=O) groups excluding carboxylic acids is 1. The van der Waals surface area contributed by atoms with Crippen LogP contribution in [0, 0.1) is 3.57 Å². The van der Waals surface area contributed by atoms with Gasteiger partial charge in [-0.25, -0.2) is 8.78 Å². The number of halogens is 5. The van der Waals surface area contributed by atoms with Crippen LogP contribution in [0.1, 0.15) is 22.5 Å². The van der Waals surface area contributed by atoms with Crippen LogP contribution in [0.25, 0.3) is 0 Å². The monoisotopic (exact) mass is 395 g/mol. The number of pyridine rings is 1. The third-order valence-electron chi connectivity index (χ3n) is 1.41. The fourth-order valence-electron chi connectivity index (χ4n) is 0.767. The molecular formula is C7H2BrClF2INO. The molecule has 0 unspecified atom stereocenters. The van der Waals surface area contributed by atoms with Crippen LogP contribution in [-0.2, 0) is 0 Å². The molecule has 0 aliphatic rings. The van der Waals surface area contributed by atoms with Crippen LogP contribution in [0.4, 0.5) is 8.78 Å². The van der Waals surface area contributed by atoms with Crippen molar-refractivity contribution in [1.29, 1.82) is 0 Å². The number of carbonyl (C=O) groups is 1. The van der Waals surface area contributed by atoms with E-state index in [1.54, 1.807) is 22.6 Å². The van der Waals surface area contributed by atoms with Crippen LogP contribution in [0.5, 0.6) is 0 Å². The number of aromatic nitrogens is 1. The summed E-state index contributed by atoms with van der Waals surface area (Å²) in [6.07, 6.45) is -1.70. The second-order valence-electron chi connectivity index (χ2n) is 2.26. The van der Waals surface area contributed by atoms with Gasteiger partial charge in [0, 0.05) is 10.7 Å². The molecule has 0 saturated carbocycles. The Morgan fingerprint density at radius 1 is 1.64 bits per heavy atom. The molecule has 7 heteroatoms. The van der Waals surface area contributed by atoms with E-state index in [0.717, 1.165) is 6.20 Å². The van der Waals surface area contributed by atoms with Crippen LogP contribution in [0.2, 0.25) is 0 Å². The van der Waals surface area contributed by atoms with Crippen molar-refractivity contribution in [1.82, 2.24) is 4.98 Å². The summed E-state index contributed by atoms with van der Waals surface area (Å²) in [5, 5.41) is -0.768. The van der Waals surface area contributed by atoms with E-state index in [0.29, 0.717) is 3.57 Å². The van der Waals surface area contributed by atoms with E-state index in [9.17, 15) is 13.6 Å². The molecule has 0 aliphatic carbocycles. The van der Waals surface area contributed by atoms with Crippen LogP contribution < -0.4 is 0 Å². The van der Waals surface area contributed by atoms with Crippen molar-refractivity contribution in [2.75, 3.05) is 0 Å². The first-order valence-corrected chi connectivity index (χ1v) is 5.52. The molecule has 0 atom stereocenters. The van der Waals surface area contributed by atoms with Crippen LogP contribution in [-0.4, -0.2) is 10.2 Å². The largest absolute Gasteiger partial charge is 0.274 e. The lowest BCUT2D eigenvalue weighted by Crippen LogP contribution is -2.02. The maximum absolute atomic E-state index is 12.3. The van der Waals surface area contributed by atoms with E-state index in [1.165, 1.54) is 0 Å². The summed E-state index contributed by atoms with van der Waals surface area (Å²) in [6.45, 7) is 0. The Bertz CT molecular complexity index is 388. The molecule has 0 aliphatic heterocycles. The summed E-state index contributed by atoms with van der Waals surface area (Å²) in [5.41, 5.74) is -0.278. The molecule has 1 aromatic heterocycles. The Balaban J connectivity index is 3.33. The molecule has 0 spiro atoms. The minimum Gasteiger partial charge on any atom is -0.274 e. The summed E-state index contributed by atoms with van der Waals surface area (Å²) in [5.74, 6) is 0. The molecule has 0 fully saturated rings. The van der Waals surface area contributed by atoms with Gasteiger partial charge < -0.3 is 0 Å². The van der Waals surface area contributed by atoms with Gasteiger partial charge >= 0.3 is 0 Å². The Morgan fingerprint density at radius 3 is 2.64 bits per heavy atom. The molecular weight excluding hydrogens is 394 g/mol. The molecule has 0 aromatic carbocycles. The van der Waals surface area contributed by atoms with Crippen molar-refractivity contribution >= 4 is 55.4 Å². The zero-order valence-electron chi connectivity index (χ0n) is 6.40. The van der Waals surface area contributed by atoms with Gasteiger partial charge in [-0.05, 0) is 50.1 Å². The highest BCUT2D eigenvalue weighted by molar-refractivity contribution is 14.1. The summed E-state index contributed by atoms with van der Waals surface area (Å²) in [6, 6.07) is 0. The SMILES string of the molecule is O=C(Cl)c1ncc(C(F)F)c(Br)c1I. The van der Waals surface area contributed by atoms with Crippen LogP contribution in [0.15, 0.2) is 10.7 Å². The van der Waals surface area contributed by atoms with E-state index in [-0.39, 0.29) is 15.7 Å². The van der Waals surface area contributed by atoms with Gasteiger partial charge in [-0.1, -0.05) is 0 Å². The number of hydrogen-bond donors (Lipinski definition) is 0. The minimum absolute atomic E-state index is 0.0245. The van der Waals surface area contributed by atoms with Crippen molar-refractivity contribution in [2.45, 2.75) is 6.43 Å². The van der Waals surface area contributed by atoms with E-state index < -0.39 is 11.7 Å². The summed E-state index contributed by atoms with van der Waals surface area (Å²) < 4.78 is 25.2. The zero-order valence-corrected chi connectivity index (χ0v) is 10.9. The lowest BCUT2D eigenvalue weighted by atomic mass is 10.2. The normalized spacial score (nSPS) is 10.7. The maximum atomic E-state index is 12.3. The van der Waals surface area contributed by atoms with Crippen molar-refractivity contribution in [2.24, 2.45) is 0 Å². The Hall–Kier alpha value is 0.180. The topological polar surface area (TPSA) is 30.0 Å². The van der Waals surface area contributed by atoms with Crippen molar-refractivity contribution in [3.63, 3.8) is 0 Å². The van der Waals surface area contributed by atoms with Crippen molar-refractivity contribution < 1.29 is 13.6 Å². The quantitative estimate of drug-likeness (QED) is 0.563. The first kappa shape index (κ1) is 12.3. The molecule has 0 amide bonds. The van der Waals surface area contributed by atoms with Gasteiger partial charge in [0.05, 0.1) is 9.13 Å². The van der Waals surface area contributed by atoms with Crippen LogP contribution >= 0.6 is 50.1 Å². The fourth-order valence-corrected chi connectivity index (χ4v) is 2.23. The minimum atomic E-state index is -2.63. The average molecular weight is 396 g/mol. The van der Waals surface area contributed by atoms with Gasteiger partial charge in [0.25, 0.3) is 11.7 Å². The fraction of sp³-hybridized carbons (Fsp3) is 0.143. The second-order valence-corrected chi connectivity index (χ2v) is 4.48. The molecule has 14 heavy (non-hydrogen) atoms.